The summed E-state index contributed by atoms with van der Waals surface area (Å²) in [5.74, 6) is -0.141. The van der Waals surface area contributed by atoms with E-state index >= 15 is 0 Å². The average molecular weight is 206 g/mol. The number of nitrogens with zero attached hydrogens (tertiary/aromatic N) is 2. The number of hydrogen-bond donors (Lipinski definition) is 2. The molecule has 0 radical (unpaired) electrons. The largest absolute Gasteiger partial charge is 0.314 e. The molecule has 2 N–H and O–H groups in total. The van der Waals surface area contributed by atoms with Crippen molar-refractivity contribution in [3.8, 4) is 0 Å². The van der Waals surface area contributed by atoms with E-state index in [9.17, 15) is 4.79 Å². The standard InChI is InChI=1S/C10H14N4O/c15-10(9-3-1-2-4-12-9)13-14-7-5-11-6-8-14/h1-4,11H,5-8H2,(H,13,15). The van der Waals surface area contributed by atoms with Gasteiger partial charge in [-0.15, -0.1) is 0 Å². The monoisotopic (exact) mass is 206 g/mol. The van der Waals surface area contributed by atoms with Crippen molar-refractivity contribution in [1.82, 2.24) is 20.7 Å². The van der Waals surface area contributed by atoms with Crippen LogP contribution in [0.5, 0.6) is 0 Å². The number of hydrogen-bond acceptors (Lipinski definition) is 4. The fourth-order valence-electron chi connectivity index (χ4n) is 1.47. The maximum Gasteiger partial charge on any atom is 0.284 e. The molecule has 5 heteroatoms. The molecule has 1 aliphatic rings. The Morgan fingerprint density at radius 2 is 2.20 bits per heavy atom. The van der Waals surface area contributed by atoms with Gasteiger partial charge >= 0.3 is 0 Å². The Kier molecular flexibility index (Phi) is 3.26. The smallest absolute Gasteiger partial charge is 0.284 e. The molecule has 80 valence electrons. The minimum absolute atomic E-state index is 0.141. The number of aromatic nitrogens is 1. The molecule has 0 unspecified atom stereocenters. The van der Waals surface area contributed by atoms with Gasteiger partial charge in [0, 0.05) is 32.4 Å². The molecule has 1 saturated heterocycles. The van der Waals surface area contributed by atoms with Gasteiger partial charge in [-0.1, -0.05) is 6.07 Å². The van der Waals surface area contributed by atoms with Crippen molar-refractivity contribution in [3.05, 3.63) is 30.1 Å². The highest BCUT2D eigenvalue weighted by atomic mass is 16.2. The Bertz CT molecular complexity index is 321. The summed E-state index contributed by atoms with van der Waals surface area (Å²) in [4.78, 5) is 15.7. The van der Waals surface area contributed by atoms with Crippen molar-refractivity contribution in [2.24, 2.45) is 0 Å². The van der Waals surface area contributed by atoms with Gasteiger partial charge in [-0.2, -0.15) is 0 Å². The van der Waals surface area contributed by atoms with Crippen LogP contribution in [0.25, 0.3) is 0 Å². The van der Waals surface area contributed by atoms with E-state index in [1.54, 1.807) is 24.4 Å². The molecule has 1 aliphatic heterocycles. The van der Waals surface area contributed by atoms with E-state index in [-0.39, 0.29) is 5.91 Å². The van der Waals surface area contributed by atoms with Crippen LogP contribution in [-0.2, 0) is 0 Å². The first-order chi connectivity index (χ1) is 7.36. The summed E-state index contributed by atoms with van der Waals surface area (Å²) in [5.41, 5.74) is 3.28. The van der Waals surface area contributed by atoms with E-state index in [0.717, 1.165) is 26.2 Å². The lowest BCUT2D eigenvalue weighted by atomic mass is 10.3. The van der Waals surface area contributed by atoms with Crippen molar-refractivity contribution >= 4 is 5.91 Å². The van der Waals surface area contributed by atoms with Crippen LogP contribution in [-0.4, -0.2) is 42.1 Å². The van der Waals surface area contributed by atoms with Crippen LogP contribution < -0.4 is 10.7 Å². The lowest BCUT2D eigenvalue weighted by Gasteiger charge is -2.27. The SMILES string of the molecule is O=C(NN1CCNCC1)c1ccccn1. The van der Waals surface area contributed by atoms with Crippen LogP contribution in [0.4, 0.5) is 0 Å². The Labute approximate surface area is 88.5 Å². The van der Waals surface area contributed by atoms with Gasteiger partial charge in [0.15, 0.2) is 0 Å². The molecule has 1 amide bonds. The predicted molar refractivity (Wildman–Crippen MR) is 56.1 cm³/mol. The van der Waals surface area contributed by atoms with Gasteiger partial charge < -0.3 is 5.32 Å². The van der Waals surface area contributed by atoms with Crippen LogP contribution in [0.2, 0.25) is 0 Å². The van der Waals surface area contributed by atoms with E-state index < -0.39 is 0 Å². The molecule has 0 aliphatic carbocycles. The van der Waals surface area contributed by atoms with E-state index in [1.807, 2.05) is 5.01 Å². The summed E-state index contributed by atoms with van der Waals surface area (Å²) in [6.07, 6.45) is 1.62. The second kappa shape index (κ2) is 4.86. The highest BCUT2D eigenvalue weighted by Crippen LogP contribution is 1.95. The van der Waals surface area contributed by atoms with Gasteiger partial charge in [0.2, 0.25) is 0 Å². The highest BCUT2D eigenvalue weighted by molar-refractivity contribution is 5.91. The number of nitrogens with one attached hydrogen (secondary N) is 2. The first-order valence-corrected chi connectivity index (χ1v) is 5.04. The molecule has 2 heterocycles. The van der Waals surface area contributed by atoms with Crippen molar-refractivity contribution in [1.29, 1.82) is 0 Å². The first kappa shape index (κ1) is 10.1. The topological polar surface area (TPSA) is 57.3 Å². The average Bonchev–Trinajstić information content (AvgIpc) is 2.31. The van der Waals surface area contributed by atoms with Gasteiger partial charge in [0.05, 0.1) is 0 Å². The number of piperazine rings is 1. The zero-order chi connectivity index (χ0) is 10.5. The Morgan fingerprint density at radius 3 is 2.87 bits per heavy atom. The Balaban J connectivity index is 1.91. The highest BCUT2D eigenvalue weighted by Gasteiger charge is 2.13. The Hall–Kier alpha value is -1.46. The third-order valence-corrected chi connectivity index (χ3v) is 2.27. The van der Waals surface area contributed by atoms with Crippen LogP contribution >= 0.6 is 0 Å². The lowest BCUT2D eigenvalue weighted by molar-refractivity contribution is 0.0759. The summed E-state index contributed by atoms with van der Waals surface area (Å²) in [7, 11) is 0. The maximum atomic E-state index is 11.7. The number of hydrazine groups is 1. The van der Waals surface area contributed by atoms with Crippen molar-refractivity contribution in [2.75, 3.05) is 26.2 Å². The van der Waals surface area contributed by atoms with Crippen LogP contribution in [0.1, 0.15) is 10.5 Å². The van der Waals surface area contributed by atoms with Gasteiger partial charge in [0.1, 0.15) is 5.69 Å². The number of carbonyl (C=O) groups is 1. The van der Waals surface area contributed by atoms with E-state index in [4.69, 9.17) is 0 Å². The summed E-state index contributed by atoms with van der Waals surface area (Å²) in [5, 5.41) is 5.13. The molecule has 1 fully saturated rings. The van der Waals surface area contributed by atoms with E-state index in [0.29, 0.717) is 5.69 Å². The molecule has 5 nitrogen and oxygen atoms in total. The molecular weight excluding hydrogens is 192 g/mol. The van der Waals surface area contributed by atoms with Crippen LogP contribution in [0, 0.1) is 0 Å². The normalized spacial score (nSPS) is 17.3. The first-order valence-electron chi connectivity index (χ1n) is 5.04. The molecule has 0 aromatic carbocycles. The Morgan fingerprint density at radius 1 is 1.40 bits per heavy atom. The predicted octanol–water partition coefficient (Wildman–Crippen LogP) is -0.368. The third kappa shape index (κ3) is 2.74. The summed E-state index contributed by atoms with van der Waals surface area (Å²) in [6.45, 7) is 3.47. The van der Waals surface area contributed by atoms with E-state index in [2.05, 4.69) is 15.7 Å². The summed E-state index contributed by atoms with van der Waals surface area (Å²) >= 11 is 0. The fourth-order valence-corrected chi connectivity index (χ4v) is 1.47. The minimum atomic E-state index is -0.141. The molecular formula is C10H14N4O. The van der Waals surface area contributed by atoms with Gasteiger partial charge in [-0.3, -0.25) is 15.2 Å². The summed E-state index contributed by atoms with van der Waals surface area (Å²) in [6, 6.07) is 5.30. The minimum Gasteiger partial charge on any atom is -0.314 e. The molecule has 15 heavy (non-hydrogen) atoms. The molecule has 0 saturated carbocycles. The molecule has 1 aromatic heterocycles. The van der Waals surface area contributed by atoms with Gasteiger partial charge in [0.25, 0.3) is 5.91 Å². The third-order valence-electron chi connectivity index (χ3n) is 2.27. The van der Waals surface area contributed by atoms with Crippen molar-refractivity contribution in [2.45, 2.75) is 0 Å². The van der Waals surface area contributed by atoms with Crippen LogP contribution in [0.15, 0.2) is 24.4 Å². The van der Waals surface area contributed by atoms with Gasteiger partial charge in [-0.25, -0.2) is 5.01 Å². The second-order valence-electron chi connectivity index (χ2n) is 3.39. The molecule has 1 aromatic rings. The van der Waals surface area contributed by atoms with E-state index in [1.165, 1.54) is 0 Å². The van der Waals surface area contributed by atoms with Crippen LogP contribution in [0.3, 0.4) is 0 Å². The van der Waals surface area contributed by atoms with Crippen molar-refractivity contribution in [3.63, 3.8) is 0 Å². The number of rotatable bonds is 2. The number of carbonyl (C=O) groups excluding carboxylic acids is 1. The van der Waals surface area contributed by atoms with Gasteiger partial charge in [-0.05, 0) is 12.1 Å². The molecule has 0 bridgehead atoms. The zero-order valence-electron chi connectivity index (χ0n) is 8.44. The fraction of sp³-hybridized carbons (Fsp3) is 0.400. The maximum absolute atomic E-state index is 11.7. The zero-order valence-corrected chi connectivity index (χ0v) is 8.44. The second-order valence-corrected chi connectivity index (χ2v) is 3.39. The number of amides is 1. The number of pyridine rings is 1. The van der Waals surface area contributed by atoms with Crippen molar-refractivity contribution < 1.29 is 4.79 Å². The molecule has 2 rings (SSSR count). The molecule has 0 spiro atoms. The molecule has 0 atom stereocenters. The lowest BCUT2D eigenvalue weighted by Crippen LogP contribution is -2.52. The quantitative estimate of drug-likeness (QED) is 0.693. The summed E-state index contributed by atoms with van der Waals surface area (Å²) < 4.78 is 0.